The predicted octanol–water partition coefficient (Wildman–Crippen LogP) is 5.53. The number of hydrogen-bond donors (Lipinski definition) is 1. The summed E-state index contributed by atoms with van der Waals surface area (Å²) in [6, 6.07) is 9.07. The average molecular weight is 451 g/mol. The molecule has 0 aromatic heterocycles. The Hall–Kier alpha value is -2.74. The molecule has 2 atom stereocenters. The smallest absolute Gasteiger partial charge is 0.416 e. The van der Waals surface area contributed by atoms with Crippen LogP contribution in [0.1, 0.15) is 55.8 Å². The quantitative estimate of drug-likeness (QED) is 0.572. The van der Waals surface area contributed by atoms with Gasteiger partial charge in [-0.3, -0.25) is 9.69 Å². The Morgan fingerprint density at radius 3 is 2.25 bits per heavy atom. The first kappa shape index (κ1) is 23.9. The number of hydrogen-bond acceptors (Lipinski definition) is 4. The van der Waals surface area contributed by atoms with Crippen LogP contribution in [0.15, 0.2) is 42.5 Å². The summed E-state index contributed by atoms with van der Waals surface area (Å²) in [6.45, 7) is 5.10. The van der Waals surface area contributed by atoms with Crippen molar-refractivity contribution in [3.63, 3.8) is 0 Å². The lowest BCUT2D eigenvalue weighted by atomic mass is 9.91. The van der Waals surface area contributed by atoms with Crippen LogP contribution in [-0.2, 0) is 11.0 Å². The van der Waals surface area contributed by atoms with Gasteiger partial charge in [-0.25, -0.2) is 0 Å². The topological polar surface area (TPSA) is 59.0 Å². The lowest BCUT2D eigenvalue weighted by Crippen LogP contribution is -2.46. The fourth-order valence-corrected chi connectivity index (χ4v) is 4.20. The van der Waals surface area contributed by atoms with Crippen molar-refractivity contribution in [2.24, 2.45) is 0 Å². The summed E-state index contributed by atoms with van der Waals surface area (Å²) >= 11 is 0. The van der Waals surface area contributed by atoms with Gasteiger partial charge in [-0.05, 0) is 68.6 Å². The van der Waals surface area contributed by atoms with E-state index in [0.29, 0.717) is 43.2 Å². The van der Waals surface area contributed by atoms with Crippen LogP contribution in [-0.4, -0.2) is 41.8 Å². The van der Waals surface area contributed by atoms with Gasteiger partial charge in [-0.15, -0.1) is 0 Å². The summed E-state index contributed by atoms with van der Waals surface area (Å²) in [5.41, 5.74) is 0.595. The van der Waals surface area contributed by atoms with Gasteiger partial charge in [0.05, 0.1) is 24.8 Å². The Balaban J connectivity index is 2.10. The summed E-state index contributed by atoms with van der Waals surface area (Å²) in [5.74, 6) is 0.155. The number of aliphatic carboxylic acids is 1. The van der Waals surface area contributed by atoms with Crippen molar-refractivity contribution >= 4 is 5.97 Å². The normalized spacial score (nSPS) is 18.2. The third-order valence-electron chi connectivity index (χ3n) is 5.60. The molecule has 2 aromatic carbocycles. The van der Waals surface area contributed by atoms with Crippen molar-refractivity contribution in [3.8, 4) is 11.5 Å². The highest BCUT2D eigenvalue weighted by atomic mass is 19.4. The lowest BCUT2D eigenvalue weighted by molar-refractivity contribution is -0.145. The molecule has 0 saturated carbocycles. The molecule has 174 valence electrons. The molecule has 1 saturated heterocycles. The molecule has 0 bridgehead atoms. The first-order valence-electron chi connectivity index (χ1n) is 10.8. The molecule has 32 heavy (non-hydrogen) atoms. The van der Waals surface area contributed by atoms with Crippen molar-refractivity contribution in [2.75, 3.05) is 19.8 Å². The Kier molecular flexibility index (Phi) is 7.66. The maximum absolute atomic E-state index is 13.1. The maximum atomic E-state index is 13.1. The number of likely N-dealkylation sites (tertiary alicyclic amines) is 1. The van der Waals surface area contributed by atoms with E-state index in [2.05, 4.69) is 0 Å². The standard InChI is InChI=1S/C24H28F3NO4/c1-3-31-20-13-10-17(15-21(20)32-4-2)22(28-14-6-5-7-19(28)23(29)30)16-8-11-18(12-9-16)24(25,26)27/h8-13,15,19,22H,3-7,14H2,1-2H3,(H,29,30). The molecule has 3 rings (SSSR count). The average Bonchev–Trinajstić information content (AvgIpc) is 2.76. The van der Waals surface area contributed by atoms with Crippen molar-refractivity contribution in [2.45, 2.75) is 51.4 Å². The molecule has 8 heteroatoms. The summed E-state index contributed by atoms with van der Waals surface area (Å²) in [6.07, 6.45) is -2.34. The molecule has 1 N–H and O–H groups in total. The number of alkyl halides is 3. The van der Waals surface area contributed by atoms with Crippen LogP contribution < -0.4 is 9.47 Å². The van der Waals surface area contributed by atoms with E-state index in [1.54, 1.807) is 12.1 Å². The molecular formula is C24H28F3NO4. The second kappa shape index (κ2) is 10.3. The molecule has 2 aromatic rings. The number of rotatable bonds is 8. The van der Waals surface area contributed by atoms with Crippen LogP contribution in [0.4, 0.5) is 13.2 Å². The molecule has 0 aliphatic carbocycles. The number of carboxylic acids is 1. The van der Waals surface area contributed by atoms with Gasteiger partial charge in [0.15, 0.2) is 11.5 Å². The van der Waals surface area contributed by atoms with Crippen LogP contribution in [0, 0.1) is 0 Å². The Bertz CT molecular complexity index is 914. The van der Waals surface area contributed by atoms with Crippen molar-refractivity contribution in [3.05, 3.63) is 59.2 Å². The molecular weight excluding hydrogens is 423 g/mol. The van der Waals surface area contributed by atoms with Gasteiger partial charge < -0.3 is 14.6 Å². The fourth-order valence-electron chi connectivity index (χ4n) is 4.20. The van der Waals surface area contributed by atoms with Gasteiger partial charge in [-0.2, -0.15) is 13.2 Å². The van der Waals surface area contributed by atoms with Gasteiger partial charge in [-0.1, -0.05) is 24.6 Å². The number of benzene rings is 2. The maximum Gasteiger partial charge on any atom is 0.416 e. The molecule has 0 spiro atoms. The van der Waals surface area contributed by atoms with Crippen LogP contribution in [0.3, 0.4) is 0 Å². The number of piperidine rings is 1. The highest BCUT2D eigenvalue weighted by Crippen LogP contribution is 2.39. The van der Waals surface area contributed by atoms with Crippen molar-refractivity contribution < 1.29 is 32.5 Å². The molecule has 2 unspecified atom stereocenters. The van der Waals surface area contributed by atoms with Crippen LogP contribution in [0.2, 0.25) is 0 Å². The van der Waals surface area contributed by atoms with Gasteiger partial charge in [0, 0.05) is 0 Å². The van der Waals surface area contributed by atoms with E-state index in [0.717, 1.165) is 30.5 Å². The monoisotopic (exact) mass is 451 g/mol. The van der Waals surface area contributed by atoms with E-state index in [9.17, 15) is 23.1 Å². The van der Waals surface area contributed by atoms with Crippen molar-refractivity contribution in [1.82, 2.24) is 4.90 Å². The van der Waals surface area contributed by atoms with Crippen molar-refractivity contribution in [1.29, 1.82) is 0 Å². The third kappa shape index (κ3) is 5.35. The number of carbonyl (C=O) groups is 1. The second-order valence-corrected chi connectivity index (χ2v) is 7.68. The molecule has 0 radical (unpaired) electrons. The number of ether oxygens (including phenoxy) is 2. The van der Waals surface area contributed by atoms with Gasteiger partial charge in [0.25, 0.3) is 0 Å². The zero-order chi connectivity index (χ0) is 23.3. The molecule has 1 heterocycles. The number of carboxylic acid groups (broad SMARTS) is 1. The number of nitrogens with zero attached hydrogens (tertiary/aromatic N) is 1. The Morgan fingerprint density at radius 1 is 1.03 bits per heavy atom. The lowest BCUT2D eigenvalue weighted by Gasteiger charge is -2.39. The molecule has 1 aliphatic heterocycles. The summed E-state index contributed by atoms with van der Waals surface area (Å²) in [4.78, 5) is 13.9. The molecule has 0 amide bonds. The zero-order valence-electron chi connectivity index (χ0n) is 18.2. The van der Waals surface area contributed by atoms with E-state index < -0.39 is 29.8 Å². The van der Waals surface area contributed by atoms with E-state index in [4.69, 9.17) is 9.47 Å². The zero-order valence-corrected chi connectivity index (χ0v) is 18.2. The minimum Gasteiger partial charge on any atom is -0.490 e. The molecule has 1 aliphatic rings. The Morgan fingerprint density at radius 2 is 1.66 bits per heavy atom. The SMILES string of the molecule is CCOc1ccc(C(c2ccc(C(F)(F)F)cc2)N2CCCCC2C(=O)O)cc1OCC. The van der Waals surface area contributed by atoms with E-state index in [1.165, 1.54) is 12.1 Å². The van der Waals surface area contributed by atoms with Gasteiger partial charge >= 0.3 is 12.1 Å². The minimum absolute atomic E-state index is 0.413. The Labute approximate surface area is 185 Å². The molecule has 5 nitrogen and oxygen atoms in total. The largest absolute Gasteiger partial charge is 0.490 e. The van der Waals surface area contributed by atoms with Crippen LogP contribution in [0.5, 0.6) is 11.5 Å². The predicted molar refractivity (Wildman–Crippen MR) is 114 cm³/mol. The first-order valence-corrected chi connectivity index (χ1v) is 10.8. The highest BCUT2D eigenvalue weighted by Gasteiger charge is 2.36. The summed E-state index contributed by atoms with van der Waals surface area (Å²) in [7, 11) is 0. The highest BCUT2D eigenvalue weighted by molar-refractivity contribution is 5.73. The third-order valence-corrected chi connectivity index (χ3v) is 5.60. The minimum atomic E-state index is -4.44. The van der Waals surface area contributed by atoms with Crippen LogP contribution >= 0.6 is 0 Å². The molecule has 1 fully saturated rings. The first-order chi connectivity index (χ1) is 15.3. The summed E-state index contributed by atoms with van der Waals surface area (Å²) < 4.78 is 50.7. The summed E-state index contributed by atoms with van der Waals surface area (Å²) in [5, 5.41) is 9.82. The van der Waals surface area contributed by atoms with E-state index in [-0.39, 0.29) is 0 Å². The fraction of sp³-hybridized carbons (Fsp3) is 0.458. The number of halogens is 3. The van der Waals surface area contributed by atoms with E-state index in [1.807, 2.05) is 24.8 Å². The van der Waals surface area contributed by atoms with Gasteiger partial charge in [0.1, 0.15) is 6.04 Å². The van der Waals surface area contributed by atoms with Crippen LogP contribution in [0.25, 0.3) is 0 Å². The van der Waals surface area contributed by atoms with E-state index >= 15 is 0 Å². The van der Waals surface area contributed by atoms with Gasteiger partial charge in [0.2, 0.25) is 0 Å². The second-order valence-electron chi connectivity index (χ2n) is 7.68.